The van der Waals surface area contributed by atoms with Crippen molar-refractivity contribution in [1.29, 1.82) is 0 Å². The second-order valence-corrected chi connectivity index (χ2v) is 6.66. The van der Waals surface area contributed by atoms with Crippen LogP contribution in [-0.4, -0.2) is 55.2 Å². The quantitative estimate of drug-likeness (QED) is 0.810. The summed E-state index contributed by atoms with van der Waals surface area (Å²) in [5.74, 6) is 1.31. The Morgan fingerprint density at radius 1 is 1.31 bits per heavy atom. The molecule has 0 spiro atoms. The minimum Gasteiger partial charge on any atom is -0.495 e. The van der Waals surface area contributed by atoms with Crippen molar-refractivity contribution in [1.82, 2.24) is 9.97 Å². The molecule has 26 heavy (non-hydrogen) atoms. The number of hydrogen-bond acceptors (Lipinski definition) is 5. The highest BCUT2D eigenvalue weighted by molar-refractivity contribution is 6.32. The van der Waals surface area contributed by atoms with Crippen LogP contribution in [-0.2, 0) is 4.79 Å². The molecule has 1 saturated heterocycles. The van der Waals surface area contributed by atoms with Crippen molar-refractivity contribution in [3.05, 3.63) is 41.7 Å². The molecular formula is C18H23ClN5O2+. The van der Waals surface area contributed by atoms with Gasteiger partial charge in [0.1, 0.15) is 5.75 Å². The van der Waals surface area contributed by atoms with E-state index in [0.29, 0.717) is 16.5 Å². The molecule has 1 aromatic heterocycles. The van der Waals surface area contributed by atoms with Crippen LogP contribution in [0.25, 0.3) is 0 Å². The molecule has 0 radical (unpaired) electrons. The number of quaternary nitrogens is 1. The highest BCUT2D eigenvalue weighted by Gasteiger charge is 2.30. The van der Waals surface area contributed by atoms with Crippen molar-refractivity contribution in [3.63, 3.8) is 0 Å². The van der Waals surface area contributed by atoms with Crippen LogP contribution in [0.1, 0.15) is 6.92 Å². The molecule has 1 aliphatic rings. The van der Waals surface area contributed by atoms with Crippen molar-refractivity contribution in [2.45, 2.75) is 13.0 Å². The summed E-state index contributed by atoms with van der Waals surface area (Å²) in [6.45, 7) is 5.31. The van der Waals surface area contributed by atoms with Crippen LogP contribution in [0.3, 0.4) is 0 Å². The molecule has 8 heteroatoms. The zero-order chi connectivity index (χ0) is 18.5. The summed E-state index contributed by atoms with van der Waals surface area (Å²) in [5, 5.41) is 3.41. The van der Waals surface area contributed by atoms with E-state index >= 15 is 0 Å². The summed E-state index contributed by atoms with van der Waals surface area (Å²) in [4.78, 5) is 24.6. The van der Waals surface area contributed by atoms with Gasteiger partial charge in [-0.3, -0.25) is 4.79 Å². The van der Waals surface area contributed by atoms with Gasteiger partial charge in [0, 0.05) is 18.1 Å². The third-order valence-corrected chi connectivity index (χ3v) is 4.96. The Labute approximate surface area is 157 Å². The molecule has 2 aromatic rings. The summed E-state index contributed by atoms with van der Waals surface area (Å²) < 4.78 is 5.13. The van der Waals surface area contributed by atoms with Crippen LogP contribution in [0.4, 0.5) is 11.6 Å². The number of rotatable bonds is 5. The number of aromatic nitrogens is 2. The van der Waals surface area contributed by atoms with Crippen LogP contribution in [0.15, 0.2) is 36.7 Å². The predicted molar refractivity (Wildman–Crippen MR) is 101 cm³/mol. The molecule has 2 N–H and O–H groups in total. The van der Waals surface area contributed by atoms with Gasteiger partial charge < -0.3 is 19.9 Å². The van der Waals surface area contributed by atoms with Crippen molar-refractivity contribution < 1.29 is 14.4 Å². The van der Waals surface area contributed by atoms with E-state index in [0.717, 1.165) is 32.1 Å². The molecule has 3 rings (SSSR count). The van der Waals surface area contributed by atoms with E-state index in [4.69, 9.17) is 16.3 Å². The first-order valence-corrected chi connectivity index (χ1v) is 8.97. The number of hydrogen-bond donors (Lipinski definition) is 2. The minimum absolute atomic E-state index is 0.0226. The first kappa shape index (κ1) is 18.4. The van der Waals surface area contributed by atoms with E-state index in [1.54, 1.807) is 37.7 Å². The Hall–Kier alpha value is -2.38. The average molecular weight is 377 g/mol. The van der Waals surface area contributed by atoms with Crippen LogP contribution in [0.2, 0.25) is 5.02 Å². The minimum atomic E-state index is -0.158. The van der Waals surface area contributed by atoms with E-state index in [1.807, 2.05) is 13.0 Å². The Kier molecular flexibility index (Phi) is 5.90. The number of anilines is 2. The van der Waals surface area contributed by atoms with Crippen molar-refractivity contribution in [2.75, 3.05) is 43.5 Å². The number of nitrogens with zero attached hydrogens (tertiary/aromatic N) is 3. The largest absolute Gasteiger partial charge is 0.495 e. The number of ether oxygens (including phenoxy) is 1. The van der Waals surface area contributed by atoms with Gasteiger partial charge in [-0.15, -0.1) is 0 Å². The molecule has 1 atom stereocenters. The van der Waals surface area contributed by atoms with Crippen molar-refractivity contribution >= 4 is 29.1 Å². The molecule has 0 aliphatic carbocycles. The number of amides is 1. The van der Waals surface area contributed by atoms with Crippen molar-refractivity contribution in [3.8, 4) is 5.75 Å². The second-order valence-electron chi connectivity index (χ2n) is 6.25. The first-order valence-electron chi connectivity index (χ1n) is 8.59. The van der Waals surface area contributed by atoms with Crippen LogP contribution in [0, 0.1) is 0 Å². The monoisotopic (exact) mass is 376 g/mol. The molecule has 138 valence electrons. The van der Waals surface area contributed by atoms with E-state index in [2.05, 4.69) is 20.2 Å². The lowest BCUT2D eigenvalue weighted by Crippen LogP contribution is -3.19. The average Bonchev–Trinajstić information content (AvgIpc) is 2.68. The summed E-state index contributed by atoms with van der Waals surface area (Å²) >= 11 is 6.12. The number of methoxy groups -OCH3 is 1. The standard InChI is InChI=1S/C18H22ClN5O2/c1-13(17(25)22-14-4-5-16(26-2)15(19)12-14)23-8-10-24(11-9-23)18-20-6-3-7-21-18/h3-7,12-13H,8-11H2,1-2H3,(H,22,25)/p+1/t13-/m1/s1. The fourth-order valence-corrected chi connectivity index (χ4v) is 3.32. The zero-order valence-corrected chi connectivity index (χ0v) is 15.7. The zero-order valence-electron chi connectivity index (χ0n) is 14.9. The Morgan fingerprint density at radius 3 is 2.62 bits per heavy atom. The Bertz CT molecular complexity index is 751. The van der Waals surface area contributed by atoms with Crippen LogP contribution < -0.4 is 19.9 Å². The maximum Gasteiger partial charge on any atom is 0.282 e. The summed E-state index contributed by atoms with van der Waals surface area (Å²) in [5.41, 5.74) is 0.670. The molecule has 7 nitrogen and oxygen atoms in total. The fraction of sp³-hybridized carbons (Fsp3) is 0.389. The van der Waals surface area contributed by atoms with Gasteiger partial charge in [0.25, 0.3) is 5.91 Å². The second kappa shape index (κ2) is 8.33. The van der Waals surface area contributed by atoms with Gasteiger partial charge in [-0.1, -0.05) is 11.6 Å². The highest BCUT2D eigenvalue weighted by Crippen LogP contribution is 2.27. The number of benzene rings is 1. The molecular weight excluding hydrogens is 354 g/mol. The van der Waals surface area contributed by atoms with Gasteiger partial charge in [0.15, 0.2) is 6.04 Å². The lowest BCUT2D eigenvalue weighted by Gasteiger charge is -2.34. The third-order valence-electron chi connectivity index (χ3n) is 4.67. The SMILES string of the molecule is COc1ccc(NC(=O)[C@@H](C)[NH+]2CCN(c3ncccn3)CC2)cc1Cl. The molecule has 0 unspecified atom stereocenters. The summed E-state index contributed by atoms with van der Waals surface area (Å²) in [6, 6.07) is 6.88. The molecule has 1 amide bonds. The first-order chi connectivity index (χ1) is 12.6. The fourth-order valence-electron chi connectivity index (χ4n) is 3.06. The molecule has 1 aliphatic heterocycles. The van der Waals surface area contributed by atoms with Gasteiger partial charge in [-0.2, -0.15) is 0 Å². The maximum absolute atomic E-state index is 12.6. The molecule has 1 fully saturated rings. The molecule has 1 aromatic carbocycles. The Balaban J connectivity index is 1.55. The number of nitrogens with one attached hydrogen (secondary N) is 2. The third kappa shape index (κ3) is 4.23. The summed E-state index contributed by atoms with van der Waals surface area (Å²) in [7, 11) is 1.56. The number of halogens is 1. The highest BCUT2D eigenvalue weighted by atomic mass is 35.5. The van der Waals surface area contributed by atoms with E-state index in [1.165, 1.54) is 4.90 Å². The number of piperazine rings is 1. The van der Waals surface area contributed by atoms with Gasteiger partial charge in [0.05, 0.1) is 38.3 Å². The summed E-state index contributed by atoms with van der Waals surface area (Å²) in [6.07, 6.45) is 3.50. The molecule has 0 bridgehead atoms. The van der Waals surface area contributed by atoms with Crippen molar-refractivity contribution in [2.24, 2.45) is 0 Å². The van der Waals surface area contributed by atoms with Gasteiger partial charge in [0.2, 0.25) is 5.95 Å². The van der Waals surface area contributed by atoms with Crippen LogP contribution >= 0.6 is 11.6 Å². The Morgan fingerprint density at radius 2 is 2.00 bits per heavy atom. The topological polar surface area (TPSA) is 71.8 Å². The van der Waals surface area contributed by atoms with E-state index < -0.39 is 0 Å². The van der Waals surface area contributed by atoms with E-state index in [9.17, 15) is 4.79 Å². The van der Waals surface area contributed by atoms with Gasteiger partial charge in [-0.25, -0.2) is 9.97 Å². The number of carbonyl (C=O) groups excluding carboxylic acids is 1. The lowest BCUT2D eigenvalue weighted by molar-refractivity contribution is -0.914. The smallest absolute Gasteiger partial charge is 0.282 e. The normalized spacial score (nSPS) is 16.2. The maximum atomic E-state index is 12.6. The van der Waals surface area contributed by atoms with Gasteiger partial charge in [-0.05, 0) is 31.2 Å². The number of carbonyl (C=O) groups is 1. The van der Waals surface area contributed by atoms with Gasteiger partial charge >= 0.3 is 0 Å². The molecule has 0 saturated carbocycles. The van der Waals surface area contributed by atoms with Crippen LogP contribution in [0.5, 0.6) is 5.75 Å². The predicted octanol–water partition coefficient (Wildman–Crippen LogP) is 0.871. The molecule has 2 heterocycles. The van der Waals surface area contributed by atoms with E-state index in [-0.39, 0.29) is 11.9 Å². The lowest BCUT2D eigenvalue weighted by atomic mass is 10.2.